The number of carbonyl (C=O) groups is 1. The van der Waals surface area contributed by atoms with Crippen LogP contribution in [0.1, 0.15) is 25.2 Å². The van der Waals surface area contributed by atoms with E-state index in [2.05, 4.69) is 20.8 Å². The first-order valence-corrected chi connectivity index (χ1v) is 7.11. The fraction of sp³-hybridized carbons (Fsp3) is 0.400. The number of benzene rings is 1. The molecule has 1 aromatic heterocycles. The monoisotopic (exact) mass is 322 g/mol. The number of carbonyl (C=O) groups excluding carboxylic acids is 1. The van der Waals surface area contributed by atoms with Gasteiger partial charge in [0.05, 0.1) is 5.92 Å². The van der Waals surface area contributed by atoms with Crippen LogP contribution in [0.15, 0.2) is 34.9 Å². The molecule has 2 heterocycles. The van der Waals surface area contributed by atoms with Crippen LogP contribution < -0.4 is 10.6 Å². The molecule has 0 unspecified atom stereocenters. The number of amides is 1. The minimum absolute atomic E-state index is 0. The average molecular weight is 323 g/mol. The molecule has 118 valence electrons. The van der Waals surface area contributed by atoms with E-state index in [4.69, 9.17) is 4.52 Å². The molecule has 0 spiro atoms. The Bertz CT molecular complexity index is 617. The van der Waals surface area contributed by atoms with E-state index in [1.807, 2.05) is 30.3 Å². The van der Waals surface area contributed by atoms with Crippen molar-refractivity contribution in [2.24, 2.45) is 0 Å². The van der Waals surface area contributed by atoms with Crippen LogP contribution in [-0.2, 0) is 4.79 Å². The van der Waals surface area contributed by atoms with Gasteiger partial charge in [-0.3, -0.25) is 4.79 Å². The third kappa shape index (κ3) is 3.64. The number of rotatable bonds is 3. The van der Waals surface area contributed by atoms with Crippen LogP contribution in [-0.4, -0.2) is 35.2 Å². The number of piperidine rings is 1. The maximum absolute atomic E-state index is 11.3. The molecule has 1 aromatic carbocycles. The van der Waals surface area contributed by atoms with Gasteiger partial charge in [0.1, 0.15) is 0 Å². The lowest BCUT2D eigenvalue weighted by molar-refractivity contribution is -0.120. The first-order valence-electron chi connectivity index (χ1n) is 7.11. The van der Waals surface area contributed by atoms with Crippen LogP contribution in [0.25, 0.3) is 11.4 Å². The Morgan fingerprint density at radius 1 is 1.36 bits per heavy atom. The van der Waals surface area contributed by atoms with Gasteiger partial charge >= 0.3 is 0 Å². The molecule has 7 heteroatoms. The van der Waals surface area contributed by atoms with E-state index in [1.165, 1.54) is 6.92 Å². The van der Waals surface area contributed by atoms with Gasteiger partial charge in [0.25, 0.3) is 0 Å². The maximum atomic E-state index is 11.3. The van der Waals surface area contributed by atoms with Crippen LogP contribution in [0.3, 0.4) is 0 Å². The second kappa shape index (κ2) is 7.38. The molecule has 0 radical (unpaired) electrons. The zero-order chi connectivity index (χ0) is 14.7. The lowest BCUT2D eigenvalue weighted by atomic mass is 9.93. The van der Waals surface area contributed by atoms with Crippen molar-refractivity contribution in [1.82, 2.24) is 20.8 Å². The van der Waals surface area contributed by atoms with Crippen molar-refractivity contribution in [1.29, 1.82) is 0 Å². The number of halogens is 1. The Morgan fingerprint density at radius 2 is 2.14 bits per heavy atom. The van der Waals surface area contributed by atoms with E-state index in [0.29, 0.717) is 11.7 Å². The lowest BCUT2D eigenvalue weighted by Gasteiger charge is -2.29. The molecule has 1 fully saturated rings. The molecular formula is C15H19ClN4O2. The number of nitrogens with one attached hydrogen (secondary N) is 2. The van der Waals surface area contributed by atoms with Crippen molar-refractivity contribution in [2.75, 3.05) is 13.1 Å². The number of hydrogen-bond donors (Lipinski definition) is 2. The molecule has 0 aliphatic carbocycles. The van der Waals surface area contributed by atoms with Crippen molar-refractivity contribution < 1.29 is 9.32 Å². The molecular weight excluding hydrogens is 304 g/mol. The first kappa shape index (κ1) is 16.5. The third-order valence-electron chi connectivity index (χ3n) is 3.66. The predicted octanol–water partition coefficient (Wildman–Crippen LogP) is 1.74. The summed E-state index contributed by atoms with van der Waals surface area (Å²) in [6.45, 7) is 3.13. The van der Waals surface area contributed by atoms with E-state index >= 15 is 0 Å². The van der Waals surface area contributed by atoms with Gasteiger partial charge in [-0.15, -0.1) is 12.4 Å². The second-order valence-electron chi connectivity index (χ2n) is 5.23. The molecule has 1 aliphatic heterocycles. The van der Waals surface area contributed by atoms with Crippen molar-refractivity contribution >= 4 is 18.3 Å². The molecule has 22 heavy (non-hydrogen) atoms. The van der Waals surface area contributed by atoms with Gasteiger partial charge in [0, 0.05) is 25.1 Å². The standard InChI is InChI=1S/C15H18N4O2.ClH/c1-10(20)17-13-7-8-16-9-12(13)15-18-14(19-21-15)11-5-3-2-4-6-11;/h2-6,12-13,16H,7-9H2,1H3,(H,17,20);1H/t12-,13+;/m0./s1. The Labute approximate surface area is 135 Å². The topological polar surface area (TPSA) is 80.0 Å². The highest BCUT2D eigenvalue weighted by molar-refractivity contribution is 5.85. The average Bonchev–Trinajstić information content (AvgIpc) is 2.98. The summed E-state index contributed by atoms with van der Waals surface area (Å²) < 4.78 is 5.42. The molecule has 2 atom stereocenters. The quantitative estimate of drug-likeness (QED) is 0.899. The van der Waals surface area contributed by atoms with Gasteiger partial charge in [-0.1, -0.05) is 35.5 Å². The van der Waals surface area contributed by atoms with E-state index < -0.39 is 0 Å². The van der Waals surface area contributed by atoms with E-state index in [9.17, 15) is 4.79 Å². The SMILES string of the molecule is CC(=O)N[C@@H]1CCNC[C@@H]1c1nc(-c2ccccc2)no1.Cl. The summed E-state index contributed by atoms with van der Waals surface area (Å²) in [5.41, 5.74) is 0.923. The number of nitrogens with zero attached hydrogens (tertiary/aromatic N) is 2. The molecule has 2 aromatic rings. The third-order valence-corrected chi connectivity index (χ3v) is 3.66. The number of aromatic nitrogens is 2. The fourth-order valence-corrected chi connectivity index (χ4v) is 2.64. The highest BCUT2D eigenvalue weighted by Crippen LogP contribution is 2.25. The molecule has 0 bridgehead atoms. The van der Waals surface area contributed by atoms with Crippen LogP contribution in [0.5, 0.6) is 0 Å². The second-order valence-corrected chi connectivity index (χ2v) is 5.23. The van der Waals surface area contributed by atoms with Gasteiger partial charge in [-0.2, -0.15) is 4.98 Å². The summed E-state index contributed by atoms with van der Waals surface area (Å²) >= 11 is 0. The van der Waals surface area contributed by atoms with Gasteiger partial charge in [-0.25, -0.2) is 0 Å². The molecule has 0 saturated carbocycles. The van der Waals surface area contributed by atoms with Crippen LogP contribution >= 0.6 is 12.4 Å². The highest BCUT2D eigenvalue weighted by Gasteiger charge is 2.31. The van der Waals surface area contributed by atoms with Crippen LogP contribution in [0.2, 0.25) is 0 Å². The van der Waals surface area contributed by atoms with E-state index in [1.54, 1.807) is 0 Å². The first-order chi connectivity index (χ1) is 10.2. The molecule has 1 saturated heterocycles. The molecule has 3 rings (SSSR count). The van der Waals surface area contributed by atoms with E-state index in [-0.39, 0.29) is 30.3 Å². The Hall–Kier alpha value is -1.92. The smallest absolute Gasteiger partial charge is 0.233 e. The summed E-state index contributed by atoms with van der Waals surface area (Å²) in [6.07, 6.45) is 0.854. The van der Waals surface area contributed by atoms with Gasteiger partial charge in [0.15, 0.2) is 0 Å². The van der Waals surface area contributed by atoms with Gasteiger partial charge in [0.2, 0.25) is 17.6 Å². The summed E-state index contributed by atoms with van der Waals surface area (Å²) in [5.74, 6) is 1.12. The zero-order valence-electron chi connectivity index (χ0n) is 12.3. The molecule has 2 N–H and O–H groups in total. The zero-order valence-corrected chi connectivity index (χ0v) is 13.1. The molecule has 6 nitrogen and oxygen atoms in total. The summed E-state index contributed by atoms with van der Waals surface area (Å²) in [7, 11) is 0. The normalized spacial score (nSPS) is 21.0. The molecule has 1 aliphatic rings. The minimum atomic E-state index is -0.0327. The Kier molecular flexibility index (Phi) is 5.51. The van der Waals surface area contributed by atoms with Crippen molar-refractivity contribution in [3.63, 3.8) is 0 Å². The summed E-state index contributed by atoms with van der Waals surface area (Å²) in [6, 6.07) is 9.75. The van der Waals surface area contributed by atoms with Gasteiger partial charge < -0.3 is 15.2 Å². The molecule has 1 amide bonds. The largest absolute Gasteiger partial charge is 0.353 e. The Morgan fingerprint density at radius 3 is 2.86 bits per heavy atom. The van der Waals surface area contributed by atoms with Crippen LogP contribution in [0.4, 0.5) is 0 Å². The van der Waals surface area contributed by atoms with Crippen molar-refractivity contribution in [3.05, 3.63) is 36.2 Å². The Balaban J connectivity index is 0.00000176. The van der Waals surface area contributed by atoms with Gasteiger partial charge in [-0.05, 0) is 13.0 Å². The van der Waals surface area contributed by atoms with Crippen molar-refractivity contribution in [3.8, 4) is 11.4 Å². The predicted molar refractivity (Wildman–Crippen MR) is 84.8 cm³/mol. The fourth-order valence-electron chi connectivity index (χ4n) is 2.64. The number of hydrogen-bond acceptors (Lipinski definition) is 5. The maximum Gasteiger partial charge on any atom is 0.233 e. The highest BCUT2D eigenvalue weighted by atomic mass is 35.5. The lowest BCUT2D eigenvalue weighted by Crippen LogP contribution is -2.47. The van der Waals surface area contributed by atoms with Crippen LogP contribution in [0, 0.1) is 0 Å². The van der Waals surface area contributed by atoms with E-state index in [0.717, 1.165) is 25.1 Å². The summed E-state index contributed by atoms with van der Waals surface area (Å²) in [4.78, 5) is 15.8. The minimum Gasteiger partial charge on any atom is -0.353 e. The van der Waals surface area contributed by atoms with Crippen molar-refractivity contribution in [2.45, 2.75) is 25.3 Å². The summed E-state index contributed by atoms with van der Waals surface area (Å²) in [5, 5.41) is 10.3.